The lowest BCUT2D eigenvalue weighted by molar-refractivity contribution is -0.0909. The Morgan fingerprint density at radius 3 is 2.43 bits per heavy atom. The van der Waals surface area contributed by atoms with E-state index in [0.717, 1.165) is 64.3 Å². The topological polar surface area (TPSA) is 24.9 Å². The second-order valence-electron chi connectivity index (χ2n) is 7.69. The lowest BCUT2D eigenvalue weighted by atomic mass is 9.89. The van der Waals surface area contributed by atoms with E-state index in [4.69, 9.17) is 9.47 Å². The first-order valence-electron chi connectivity index (χ1n) is 10.1. The highest BCUT2D eigenvalue weighted by molar-refractivity contribution is 5.85. The van der Waals surface area contributed by atoms with Crippen LogP contribution in [0.2, 0.25) is 0 Å². The van der Waals surface area contributed by atoms with E-state index in [9.17, 15) is 0 Å². The summed E-state index contributed by atoms with van der Waals surface area (Å²) in [6, 6.07) is 19.1. The van der Waals surface area contributed by atoms with Gasteiger partial charge >= 0.3 is 0 Å². The Bertz CT molecular complexity index is 732. The molecular formula is C23H31ClN2O2. The van der Waals surface area contributed by atoms with Crippen molar-refractivity contribution in [3.05, 3.63) is 60.2 Å². The molecule has 2 aliphatic heterocycles. The number of hydrogen-bond donors (Lipinski definition) is 0. The van der Waals surface area contributed by atoms with Crippen LogP contribution in [-0.4, -0.2) is 56.9 Å². The number of para-hydroxylation sites is 2. The molecule has 28 heavy (non-hydrogen) atoms. The lowest BCUT2D eigenvalue weighted by Crippen LogP contribution is -2.57. The smallest absolute Gasteiger partial charge is 0.122 e. The molecule has 0 aromatic heterocycles. The Hall–Kier alpha value is -1.75. The Balaban J connectivity index is 0.00000225. The average Bonchev–Trinajstić information content (AvgIpc) is 2.74. The zero-order chi connectivity index (χ0) is 18.5. The zero-order valence-electron chi connectivity index (χ0n) is 16.7. The van der Waals surface area contributed by atoms with E-state index in [2.05, 4.69) is 58.3 Å². The number of piperidine rings is 1. The fourth-order valence-corrected chi connectivity index (χ4v) is 4.38. The van der Waals surface area contributed by atoms with Crippen molar-refractivity contribution in [3.63, 3.8) is 0 Å². The quantitative estimate of drug-likeness (QED) is 0.753. The maximum absolute atomic E-state index is 6.32. The molecule has 0 unspecified atom stereocenters. The normalized spacial score (nSPS) is 19.2. The number of nitrogens with zero attached hydrogens (tertiary/aromatic N) is 2. The van der Waals surface area contributed by atoms with Crippen LogP contribution in [0.4, 0.5) is 5.69 Å². The molecule has 0 radical (unpaired) electrons. The van der Waals surface area contributed by atoms with E-state index in [1.54, 1.807) is 7.11 Å². The molecule has 0 amide bonds. The van der Waals surface area contributed by atoms with Gasteiger partial charge in [0.1, 0.15) is 5.75 Å². The van der Waals surface area contributed by atoms with Crippen LogP contribution in [-0.2, 0) is 11.2 Å². The van der Waals surface area contributed by atoms with Crippen molar-refractivity contribution in [2.75, 3.05) is 51.3 Å². The van der Waals surface area contributed by atoms with Gasteiger partial charge in [0.05, 0.1) is 19.3 Å². The van der Waals surface area contributed by atoms with E-state index in [0.29, 0.717) is 0 Å². The van der Waals surface area contributed by atoms with Crippen LogP contribution in [0.25, 0.3) is 0 Å². The van der Waals surface area contributed by atoms with E-state index in [1.165, 1.54) is 11.3 Å². The molecule has 4 rings (SSSR count). The molecule has 0 saturated carbocycles. The van der Waals surface area contributed by atoms with Gasteiger partial charge < -0.3 is 19.3 Å². The van der Waals surface area contributed by atoms with Gasteiger partial charge in [0, 0.05) is 38.4 Å². The minimum atomic E-state index is 0. The number of methoxy groups -OCH3 is 1. The van der Waals surface area contributed by atoms with Crippen LogP contribution in [0.15, 0.2) is 54.6 Å². The summed E-state index contributed by atoms with van der Waals surface area (Å²) < 4.78 is 11.8. The molecule has 2 heterocycles. The molecule has 0 aliphatic carbocycles. The van der Waals surface area contributed by atoms with Gasteiger partial charge in [0.2, 0.25) is 0 Å². The molecular weight excluding hydrogens is 372 g/mol. The molecule has 0 atom stereocenters. The first-order valence-corrected chi connectivity index (χ1v) is 10.1. The summed E-state index contributed by atoms with van der Waals surface area (Å²) in [6.07, 6.45) is 3.26. The van der Waals surface area contributed by atoms with Gasteiger partial charge in [-0.25, -0.2) is 0 Å². The number of hydrogen-bond acceptors (Lipinski definition) is 4. The lowest BCUT2D eigenvalue weighted by Gasteiger charge is -2.48. The maximum Gasteiger partial charge on any atom is 0.122 e. The fraction of sp³-hybridized carbons (Fsp3) is 0.478. The first-order chi connectivity index (χ1) is 13.3. The number of ether oxygens (including phenoxy) is 2. The van der Waals surface area contributed by atoms with Gasteiger partial charge in [-0.1, -0.05) is 36.4 Å². The maximum atomic E-state index is 6.32. The predicted octanol–water partition coefficient (Wildman–Crippen LogP) is 4.03. The average molecular weight is 403 g/mol. The first kappa shape index (κ1) is 21.0. The summed E-state index contributed by atoms with van der Waals surface area (Å²) in [6.45, 7) is 6.13. The van der Waals surface area contributed by atoms with Gasteiger partial charge in [0.15, 0.2) is 0 Å². The SMILES string of the molecule is COc1ccccc1CCN1CCC2(CC1)CN(c1ccccc1)CCO2.Cl. The molecule has 2 aromatic rings. The largest absolute Gasteiger partial charge is 0.496 e. The van der Waals surface area contributed by atoms with Gasteiger partial charge in [-0.05, 0) is 43.0 Å². The number of halogens is 1. The number of benzene rings is 2. The van der Waals surface area contributed by atoms with E-state index in [1.807, 2.05) is 6.07 Å². The minimum absolute atomic E-state index is 0. The van der Waals surface area contributed by atoms with Crippen molar-refractivity contribution in [2.24, 2.45) is 0 Å². The fourth-order valence-electron chi connectivity index (χ4n) is 4.38. The van der Waals surface area contributed by atoms with Crippen molar-refractivity contribution < 1.29 is 9.47 Å². The van der Waals surface area contributed by atoms with Crippen molar-refractivity contribution in [2.45, 2.75) is 24.9 Å². The van der Waals surface area contributed by atoms with E-state index in [-0.39, 0.29) is 18.0 Å². The second-order valence-corrected chi connectivity index (χ2v) is 7.69. The molecule has 4 nitrogen and oxygen atoms in total. The zero-order valence-corrected chi connectivity index (χ0v) is 17.5. The van der Waals surface area contributed by atoms with E-state index >= 15 is 0 Å². The highest BCUT2D eigenvalue weighted by Crippen LogP contribution is 2.32. The van der Waals surface area contributed by atoms with Crippen LogP contribution in [0.3, 0.4) is 0 Å². The van der Waals surface area contributed by atoms with Crippen molar-refractivity contribution in [1.82, 2.24) is 4.90 Å². The summed E-state index contributed by atoms with van der Waals surface area (Å²) in [5, 5.41) is 0. The Labute approximate surface area is 174 Å². The summed E-state index contributed by atoms with van der Waals surface area (Å²) in [5.41, 5.74) is 2.64. The number of morpholine rings is 1. The van der Waals surface area contributed by atoms with Gasteiger partial charge in [-0.3, -0.25) is 0 Å². The Kier molecular flexibility index (Phi) is 7.22. The number of likely N-dealkylation sites (tertiary alicyclic amines) is 1. The number of anilines is 1. The molecule has 5 heteroatoms. The predicted molar refractivity (Wildman–Crippen MR) is 117 cm³/mol. The standard InChI is InChI=1S/C23H30N2O2.ClH/c1-26-22-10-6-5-7-20(22)11-14-24-15-12-23(13-16-24)19-25(17-18-27-23)21-8-3-2-4-9-21;/h2-10H,11-19H2,1H3;1H. The van der Waals surface area contributed by atoms with Crippen LogP contribution in [0.5, 0.6) is 5.75 Å². The van der Waals surface area contributed by atoms with Crippen LogP contribution >= 0.6 is 12.4 Å². The number of rotatable bonds is 5. The molecule has 152 valence electrons. The van der Waals surface area contributed by atoms with Crippen molar-refractivity contribution in [3.8, 4) is 5.75 Å². The third kappa shape index (κ3) is 4.80. The van der Waals surface area contributed by atoms with Gasteiger partial charge in [-0.2, -0.15) is 0 Å². The van der Waals surface area contributed by atoms with Crippen LogP contribution in [0.1, 0.15) is 18.4 Å². The van der Waals surface area contributed by atoms with Crippen molar-refractivity contribution in [1.29, 1.82) is 0 Å². The third-order valence-electron chi connectivity index (χ3n) is 6.03. The second kappa shape index (κ2) is 9.64. The summed E-state index contributed by atoms with van der Waals surface area (Å²) in [5.74, 6) is 1.00. The highest BCUT2D eigenvalue weighted by Gasteiger charge is 2.39. The molecule has 2 aromatic carbocycles. The van der Waals surface area contributed by atoms with E-state index < -0.39 is 0 Å². The minimum Gasteiger partial charge on any atom is -0.496 e. The molecule has 2 aliphatic rings. The molecule has 0 bridgehead atoms. The summed E-state index contributed by atoms with van der Waals surface area (Å²) >= 11 is 0. The highest BCUT2D eigenvalue weighted by atomic mass is 35.5. The Morgan fingerprint density at radius 1 is 0.964 bits per heavy atom. The van der Waals surface area contributed by atoms with Crippen LogP contribution < -0.4 is 9.64 Å². The molecule has 2 fully saturated rings. The monoisotopic (exact) mass is 402 g/mol. The summed E-state index contributed by atoms with van der Waals surface area (Å²) in [4.78, 5) is 5.07. The molecule has 0 N–H and O–H groups in total. The van der Waals surface area contributed by atoms with Gasteiger partial charge in [-0.15, -0.1) is 12.4 Å². The van der Waals surface area contributed by atoms with Gasteiger partial charge in [0.25, 0.3) is 0 Å². The molecule has 2 saturated heterocycles. The summed E-state index contributed by atoms with van der Waals surface area (Å²) in [7, 11) is 1.75. The Morgan fingerprint density at radius 2 is 1.68 bits per heavy atom. The van der Waals surface area contributed by atoms with Crippen molar-refractivity contribution >= 4 is 18.1 Å². The molecule has 1 spiro atoms. The van der Waals surface area contributed by atoms with Crippen LogP contribution in [0, 0.1) is 0 Å². The third-order valence-corrected chi connectivity index (χ3v) is 6.03.